The fraction of sp³-hybridized carbons (Fsp3) is 0. The summed E-state index contributed by atoms with van der Waals surface area (Å²) in [5, 5.41) is 0. The van der Waals surface area contributed by atoms with Gasteiger partial charge in [-0.1, -0.05) is 18.2 Å². The molecule has 4 nitrogen and oxygen atoms in total. The maximum Gasteiger partial charge on any atom is 0.328 e. The van der Waals surface area contributed by atoms with Gasteiger partial charge in [-0.25, -0.2) is 13.1 Å². The Morgan fingerprint density at radius 3 is 2.26 bits per heavy atom. The SMILES string of the molecule is O=S1(=O)Nc2ccccc2N1c1c(F)cccc1F. The van der Waals surface area contributed by atoms with Gasteiger partial charge in [0.05, 0.1) is 11.4 Å². The van der Waals surface area contributed by atoms with Crippen molar-refractivity contribution in [1.82, 2.24) is 0 Å². The van der Waals surface area contributed by atoms with E-state index in [4.69, 9.17) is 0 Å². The van der Waals surface area contributed by atoms with E-state index in [-0.39, 0.29) is 11.4 Å². The number of hydrogen-bond acceptors (Lipinski definition) is 2. The average Bonchev–Trinajstić information content (AvgIpc) is 2.60. The number of nitrogens with zero attached hydrogens (tertiary/aromatic N) is 1. The van der Waals surface area contributed by atoms with E-state index in [1.165, 1.54) is 18.2 Å². The molecule has 1 heterocycles. The summed E-state index contributed by atoms with van der Waals surface area (Å²) in [6, 6.07) is 9.40. The first-order chi connectivity index (χ1) is 9.00. The van der Waals surface area contributed by atoms with Crippen LogP contribution in [0, 0.1) is 11.6 Å². The minimum Gasteiger partial charge on any atom is -0.264 e. The molecule has 98 valence electrons. The van der Waals surface area contributed by atoms with Gasteiger partial charge < -0.3 is 0 Å². The number of halogens is 2. The van der Waals surface area contributed by atoms with Crippen molar-refractivity contribution in [2.24, 2.45) is 0 Å². The molecule has 0 fully saturated rings. The van der Waals surface area contributed by atoms with E-state index in [1.54, 1.807) is 12.1 Å². The van der Waals surface area contributed by atoms with E-state index < -0.39 is 27.5 Å². The monoisotopic (exact) mass is 282 g/mol. The number of hydrogen-bond donors (Lipinski definition) is 1. The van der Waals surface area contributed by atoms with Gasteiger partial charge in [0.25, 0.3) is 0 Å². The van der Waals surface area contributed by atoms with E-state index in [9.17, 15) is 17.2 Å². The molecule has 1 aliphatic heterocycles. The van der Waals surface area contributed by atoms with Crippen molar-refractivity contribution < 1.29 is 17.2 Å². The lowest BCUT2D eigenvalue weighted by Gasteiger charge is -2.18. The van der Waals surface area contributed by atoms with Gasteiger partial charge >= 0.3 is 10.2 Å². The van der Waals surface area contributed by atoms with Crippen LogP contribution in [0.2, 0.25) is 0 Å². The summed E-state index contributed by atoms with van der Waals surface area (Å²) in [5.41, 5.74) is -0.142. The van der Waals surface area contributed by atoms with Crippen molar-refractivity contribution in [3.8, 4) is 0 Å². The number of anilines is 3. The fourth-order valence-corrected chi connectivity index (χ4v) is 3.35. The second kappa shape index (κ2) is 3.92. The summed E-state index contributed by atoms with van der Waals surface area (Å²) < 4.78 is 54.4. The van der Waals surface area contributed by atoms with Crippen LogP contribution in [0.15, 0.2) is 42.5 Å². The summed E-state index contributed by atoms with van der Waals surface area (Å²) in [6.45, 7) is 0. The lowest BCUT2D eigenvalue weighted by molar-refractivity contribution is 0.578. The van der Waals surface area contributed by atoms with Gasteiger partial charge in [0, 0.05) is 0 Å². The van der Waals surface area contributed by atoms with Gasteiger partial charge in [0.15, 0.2) is 11.6 Å². The van der Waals surface area contributed by atoms with Gasteiger partial charge in [-0.2, -0.15) is 8.42 Å². The molecule has 0 atom stereocenters. The van der Waals surface area contributed by atoms with Gasteiger partial charge in [0.1, 0.15) is 5.69 Å². The first kappa shape index (κ1) is 11.9. The molecule has 0 aromatic heterocycles. The first-order valence-electron chi connectivity index (χ1n) is 5.37. The van der Waals surface area contributed by atoms with Crippen LogP contribution >= 0.6 is 0 Å². The molecule has 2 aromatic carbocycles. The highest BCUT2D eigenvalue weighted by atomic mass is 32.2. The Bertz CT molecular complexity index is 742. The van der Waals surface area contributed by atoms with E-state index in [0.29, 0.717) is 4.31 Å². The van der Waals surface area contributed by atoms with E-state index in [1.807, 2.05) is 0 Å². The molecule has 1 N–H and O–H groups in total. The maximum atomic E-state index is 13.8. The first-order valence-corrected chi connectivity index (χ1v) is 6.81. The minimum atomic E-state index is -4.04. The van der Waals surface area contributed by atoms with Crippen molar-refractivity contribution in [2.75, 3.05) is 9.03 Å². The molecule has 0 aliphatic carbocycles. The summed E-state index contributed by atoms with van der Waals surface area (Å²) in [7, 11) is -4.04. The van der Waals surface area contributed by atoms with Gasteiger partial charge in [-0.15, -0.1) is 0 Å². The molecule has 7 heteroatoms. The number of fused-ring (bicyclic) bond motifs is 1. The van der Waals surface area contributed by atoms with Gasteiger partial charge in [-0.3, -0.25) is 4.72 Å². The number of para-hydroxylation sites is 3. The molecule has 2 aromatic rings. The van der Waals surface area contributed by atoms with Crippen LogP contribution in [0.5, 0.6) is 0 Å². The molecule has 0 saturated heterocycles. The van der Waals surface area contributed by atoms with Crippen LogP contribution in [0.4, 0.5) is 25.8 Å². The Morgan fingerprint density at radius 1 is 0.947 bits per heavy atom. The zero-order valence-corrected chi connectivity index (χ0v) is 10.3. The van der Waals surface area contributed by atoms with Crippen molar-refractivity contribution in [1.29, 1.82) is 0 Å². The van der Waals surface area contributed by atoms with Gasteiger partial charge in [0.2, 0.25) is 0 Å². The van der Waals surface area contributed by atoms with E-state index in [2.05, 4.69) is 4.72 Å². The molecule has 19 heavy (non-hydrogen) atoms. The standard InChI is InChI=1S/C12H8F2N2O2S/c13-8-4-3-5-9(14)12(8)16-11-7-2-1-6-10(11)15-19(16,17)18/h1-7,15H. The smallest absolute Gasteiger partial charge is 0.264 e. The second-order valence-corrected chi connectivity index (χ2v) is 5.48. The Morgan fingerprint density at radius 2 is 1.58 bits per heavy atom. The third-order valence-electron chi connectivity index (χ3n) is 2.74. The van der Waals surface area contributed by atoms with Crippen LogP contribution in [-0.2, 0) is 10.2 Å². The van der Waals surface area contributed by atoms with E-state index >= 15 is 0 Å². The molecule has 3 rings (SSSR count). The number of benzene rings is 2. The van der Waals surface area contributed by atoms with E-state index in [0.717, 1.165) is 12.1 Å². The van der Waals surface area contributed by atoms with Gasteiger partial charge in [-0.05, 0) is 24.3 Å². The van der Waals surface area contributed by atoms with Crippen LogP contribution in [0.1, 0.15) is 0 Å². The lowest BCUT2D eigenvalue weighted by Crippen LogP contribution is -2.26. The molecule has 1 aliphatic rings. The Balaban J connectivity index is 2.30. The molecule has 0 unspecified atom stereocenters. The summed E-state index contributed by atoms with van der Waals surface area (Å²) >= 11 is 0. The number of nitrogens with one attached hydrogen (secondary N) is 1. The van der Waals surface area contributed by atoms with Crippen molar-refractivity contribution in [3.05, 3.63) is 54.1 Å². The van der Waals surface area contributed by atoms with Crippen LogP contribution < -0.4 is 9.03 Å². The molecule has 0 bridgehead atoms. The Kier molecular flexibility index (Phi) is 2.46. The third kappa shape index (κ3) is 1.74. The van der Waals surface area contributed by atoms with Crippen molar-refractivity contribution in [2.45, 2.75) is 0 Å². The molecule has 0 saturated carbocycles. The third-order valence-corrected chi connectivity index (χ3v) is 4.08. The highest BCUT2D eigenvalue weighted by Crippen LogP contribution is 2.42. The Labute approximate surface area is 108 Å². The molecular weight excluding hydrogens is 274 g/mol. The summed E-state index contributed by atoms with van der Waals surface area (Å²) in [4.78, 5) is 0. The Hall–Kier alpha value is -2.15. The highest BCUT2D eigenvalue weighted by molar-refractivity contribution is 7.95. The molecule has 0 radical (unpaired) electrons. The molecule has 0 amide bonds. The summed E-state index contributed by atoms with van der Waals surface area (Å²) in [5.74, 6) is -1.89. The van der Waals surface area contributed by atoms with Crippen molar-refractivity contribution in [3.63, 3.8) is 0 Å². The average molecular weight is 282 g/mol. The largest absolute Gasteiger partial charge is 0.328 e. The second-order valence-electron chi connectivity index (χ2n) is 3.96. The molecule has 0 spiro atoms. The fourth-order valence-electron chi connectivity index (χ4n) is 1.97. The molecular formula is C12H8F2N2O2S. The normalized spacial score (nSPS) is 16.0. The lowest BCUT2D eigenvalue weighted by atomic mass is 10.2. The van der Waals surface area contributed by atoms with Crippen LogP contribution in [0.25, 0.3) is 0 Å². The van der Waals surface area contributed by atoms with Crippen LogP contribution in [-0.4, -0.2) is 8.42 Å². The van der Waals surface area contributed by atoms with Crippen molar-refractivity contribution >= 4 is 27.3 Å². The predicted octanol–water partition coefficient (Wildman–Crippen LogP) is 2.77. The summed E-state index contributed by atoms with van der Waals surface area (Å²) in [6.07, 6.45) is 0. The van der Waals surface area contributed by atoms with Crippen LogP contribution in [0.3, 0.4) is 0 Å². The minimum absolute atomic E-state index is 0.187. The predicted molar refractivity (Wildman–Crippen MR) is 67.5 cm³/mol. The maximum absolute atomic E-state index is 13.8. The number of rotatable bonds is 1. The highest BCUT2D eigenvalue weighted by Gasteiger charge is 2.36. The zero-order valence-electron chi connectivity index (χ0n) is 9.47. The zero-order chi connectivity index (χ0) is 13.6. The quantitative estimate of drug-likeness (QED) is 0.874. The topological polar surface area (TPSA) is 49.4 Å².